The van der Waals surface area contributed by atoms with E-state index in [-0.39, 0.29) is 0 Å². The third-order valence-electron chi connectivity index (χ3n) is 6.03. The molecule has 0 fully saturated rings. The summed E-state index contributed by atoms with van der Waals surface area (Å²) in [7, 11) is 2.12. The molecule has 0 radical (unpaired) electrons. The highest BCUT2D eigenvalue weighted by Gasteiger charge is 2.07. The zero-order chi connectivity index (χ0) is 21.2. The van der Waals surface area contributed by atoms with E-state index in [1.54, 1.807) is 0 Å². The lowest BCUT2D eigenvalue weighted by atomic mass is 9.98. The molecule has 0 aliphatic heterocycles. The van der Waals surface area contributed by atoms with Crippen LogP contribution in [0.2, 0.25) is 0 Å². The Morgan fingerprint density at radius 2 is 1.00 bits per heavy atom. The molecule has 0 aromatic heterocycles. The van der Waals surface area contributed by atoms with Crippen molar-refractivity contribution in [2.45, 2.75) is 6.92 Å². The van der Waals surface area contributed by atoms with Crippen LogP contribution in [0.1, 0.15) is 5.56 Å². The van der Waals surface area contributed by atoms with E-state index in [4.69, 9.17) is 0 Å². The summed E-state index contributed by atoms with van der Waals surface area (Å²) < 4.78 is 0. The van der Waals surface area contributed by atoms with Crippen LogP contribution in [-0.2, 0) is 0 Å². The Balaban J connectivity index is 1.39. The molecular weight excluding hydrogens is 374 g/mol. The maximum absolute atomic E-state index is 2.26. The average molecular weight is 400 g/mol. The van der Waals surface area contributed by atoms with Crippen molar-refractivity contribution in [3.05, 3.63) is 121 Å². The lowest BCUT2D eigenvalue weighted by Crippen LogP contribution is -2.10. The normalized spacial score (nSPS) is 10.9. The van der Waals surface area contributed by atoms with Crippen LogP contribution in [0.4, 0.5) is 11.4 Å². The van der Waals surface area contributed by atoms with Crippen LogP contribution in [0.15, 0.2) is 115 Å². The average Bonchev–Trinajstić information content (AvgIpc) is 2.84. The molecule has 0 unspecified atom stereocenters. The van der Waals surface area contributed by atoms with Gasteiger partial charge >= 0.3 is 0 Å². The van der Waals surface area contributed by atoms with Gasteiger partial charge in [0, 0.05) is 18.4 Å². The van der Waals surface area contributed by atoms with Gasteiger partial charge in [0.05, 0.1) is 0 Å². The molecule has 0 aliphatic carbocycles. The number of anilines is 2. The summed E-state index contributed by atoms with van der Waals surface area (Å²) in [5.41, 5.74) is 8.65. The maximum atomic E-state index is 2.26. The molecule has 5 aromatic carbocycles. The maximum Gasteiger partial charge on any atom is 0.0437 e. The quantitative estimate of drug-likeness (QED) is 0.294. The summed E-state index contributed by atoms with van der Waals surface area (Å²) in [5, 5.41) is 2.55. The SMILES string of the molecule is Cc1ccccc1N(C)c1ccc(-c2ccc(-c3ccc4ccccc4c3)cc2)cc1. The molecule has 0 atom stereocenters. The Kier molecular flexibility index (Phi) is 5.01. The predicted octanol–water partition coefficient (Wildman–Crippen LogP) is 8.25. The van der Waals surface area contributed by atoms with Gasteiger partial charge in [-0.3, -0.25) is 0 Å². The van der Waals surface area contributed by atoms with E-state index in [0.717, 1.165) is 0 Å². The highest BCUT2D eigenvalue weighted by atomic mass is 15.1. The van der Waals surface area contributed by atoms with Crippen LogP contribution in [0.3, 0.4) is 0 Å². The summed E-state index contributed by atoms with van der Waals surface area (Å²) in [5.74, 6) is 0. The number of fused-ring (bicyclic) bond motifs is 1. The Morgan fingerprint density at radius 1 is 0.484 bits per heavy atom. The molecule has 0 bridgehead atoms. The van der Waals surface area contributed by atoms with Gasteiger partial charge in [0.15, 0.2) is 0 Å². The molecule has 1 nitrogen and oxygen atoms in total. The zero-order valence-electron chi connectivity index (χ0n) is 17.9. The van der Waals surface area contributed by atoms with Gasteiger partial charge < -0.3 is 4.90 Å². The number of para-hydroxylation sites is 1. The molecule has 0 spiro atoms. The van der Waals surface area contributed by atoms with Gasteiger partial charge in [-0.25, -0.2) is 0 Å². The molecule has 5 rings (SSSR count). The predicted molar refractivity (Wildman–Crippen MR) is 134 cm³/mol. The van der Waals surface area contributed by atoms with Crippen molar-refractivity contribution in [1.29, 1.82) is 0 Å². The van der Waals surface area contributed by atoms with Crippen LogP contribution in [0.25, 0.3) is 33.0 Å². The first-order chi connectivity index (χ1) is 15.2. The Hall–Kier alpha value is -3.84. The fourth-order valence-electron chi connectivity index (χ4n) is 4.18. The standard InChI is InChI=1S/C30H25N/c1-22-7-3-6-10-30(22)31(2)29-19-17-25(18-20-29)24-11-13-26(14-12-24)28-16-15-23-8-4-5-9-27(23)21-28/h3-21H,1-2H3. The summed E-state index contributed by atoms with van der Waals surface area (Å²) in [6.07, 6.45) is 0. The second-order valence-corrected chi connectivity index (χ2v) is 8.03. The molecule has 0 N–H and O–H groups in total. The number of hydrogen-bond donors (Lipinski definition) is 0. The van der Waals surface area contributed by atoms with Gasteiger partial charge in [-0.2, -0.15) is 0 Å². The number of rotatable bonds is 4. The van der Waals surface area contributed by atoms with Gasteiger partial charge in [0.2, 0.25) is 0 Å². The van der Waals surface area contributed by atoms with E-state index >= 15 is 0 Å². The summed E-state index contributed by atoms with van der Waals surface area (Å²) in [6, 6.07) is 41.3. The summed E-state index contributed by atoms with van der Waals surface area (Å²) >= 11 is 0. The molecule has 0 heterocycles. The first-order valence-corrected chi connectivity index (χ1v) is 10.7. The fourth-order valence-corrected chi connectivity index (χ4v) is 4.18. The number of hydrogen-bond acceptors (Lipinski definition) is 1. The van der Waals surface area contributed by atoms with Crippen molar-refractivity contribution in [2.75, 3.05) is 11.9 Å². The number of benzene rings is 5. The van der Waals surface area contributed by atoms with Crippen molar-refractivity contribution in [3.8, 4) is 22.3 Å². The van der Waals surface area contributed by atoms with Crippen LogP contribution >= 0.6 is 0 Å². The second kappa shape index (κ2) is 8.12. The zero-order valence-corrected chi connectivity index (χ0v) is 17.9. The van der Waals surface area contributed by atoms with E-state index in [9.17, 15) is 0 Å². The molecule has 1 heteroatoms. The monoisotopic (exact) mass is 399 g/mol. The smallest absolute Gasteiger partial charge is 0.0437 e. The van der Waals surface area contributed by atoms with Crippen molar-refractivity contribution in [1.82, 2.24) is 0 Å². The molecule has 0 saturated heterocycles. The molecule has 0 aliphatic rings. The van der Waals surface area contributed by atoms with Crippen molar-refractivity contribution in [3.63, 3.8) is 0 Å². The third-order valence-corrected chi connectivity index (χ3v) is 6.03. The van der Waals surface area contributed by atoms with Gasteiger partial charge in [-0.05, 0) is 69.8 Å². The fraction of sp³-hybridized carbons (Fsp3) is 0.0667. The minimum atomic E-state index is 1.19. The lowest BCUT2D eigenvalue weighted by molar-refractivity contribution is 1.19. The van der Waals surface area contributed by atoms with E-state index in [1.165, 1.54) is 50.0 Å². The minimum Gasteiger partial charge on any atom is -0.344 e. The topological polar surface area (TPSA) is 3.24 Å². The molecule has 0 amide bonds. The first kappa shape index (κ1) is 19.1. The lowest BCUT2D eigenvalue weighted by Gasteiger charge is -2.21. The van der Waals surface area contributed by atoms with Crippen LogP contribution in [-0.4, -0.2) is 7.05 Å². The second-order valence-electron chi connectivity index (χ2n) is 8.03. The summed E-state index contributed by atoms with van der Waals surface area (Å²) in [4.78, 5) is 2.24. The Labute approximate surface area is 184 Å². The van der Waals surface area contributed by atoms with Crippen LogP contribution in [0.5, 0.6) is 0 Å². The van der Waals surface area contributed by atoms with Crippen LogP contribution < -0.4 is 4.90 Å². The largest absolute Gasteiger partial charge is 0.344 e. The molecule has 0 saturated carbocycles. The van der Waals surface area contributed by atoms with Crippen molar-refractivity contribution in [2.24, 2.45) is 0 Å². The molecule has 31 heavy (non-hydrogen) atoms. The van der Waals surface area contributed by atoms with E-state index in [2.05, 4.69) is 134 Å². The highest BCUT2D eigenvalue weighted by molar-refractivity contribution is 5.87. The highest BCUT2D eigenvalue weighted by Crippen LogP contribution is 2.30. The van der Waals surface area contributed by atoms with Crippen molar-refractivity contribution < 1.29 is 0 Å². The van der Waals surface area contributed by atoms with Gasteiger partial charge in [-0.1, -0.05) is 91.0 Å². The number of aryl methyl sites for hydroxylation is 1. The minimum absolute atomic E-state index is 1.19. The number of nitrogens with zero attached hydrogens (tertiary/aromatic N) is 1. The molecule has 150 valence electrons. The third kappa shape index (κ3) is 3.83. The van der Waals surface area contributed by atoms with Crippen molar-refractivity contribution >= 4 is 22.1 Å². The molecular formula is C30H25N. The van der Waals surface area contributed by atoms with Gasteiger partial charge in [0.25, 0.3) is 0 Å². The molecule has 5 aromatic rings. The van der Waals surface area contributed by atoms with Crippen LogP contribution in [0, 0.1) is 6.92 Å². The Bertz CT molecular complexity index is 1330. The Morgan fingerprint density at radius 3 is 1.68 bits per heavy atom. The first-order valence-electron chi connectivity index (χ1n) is 10.7. The van der Waals surface area contributed by atoms with E-state index in [1.807, 2.05) is 0 Å². The van der Waals surface area contributed by atoms with Gasteiger partial charge in [-0.15, -0.1) is 0 Å². The summed E-state index contributed by atoms with van der Waals surface area (Å²) in [6.45, 7) is 2.15. The van der Waals surface area contributed by atoms with E-state index in [0.29, 0.717) is 0 Å². The van der Waals surface area contributed by atoms with E-state index < -0.39 is 0 Å². The van der Waals surface area contributed by atoms with Gasteiger partial charge in [0.1, 0.15) is 0 Å².